The van der Waals surface area contributed by atoms with Crippen molar-refractivity contribution < 1.29 is 9.47 Å². The summed E-state index contributed by atoms with van der Waals surface area (Å²) in [5.74, 6) is 0.822. The average Bonchev–Trinajstić information content (AvgIpc) is 2.37. The molecule has 1 heterocycles. The Kier molecular flexibility index (Phi) is 8.61. The molecule has 0 saturated carbocycles. The van der Waals surface area contributed by atoms with E-state index in [0.717, 1.165) is 32.2 Å². The minimum atomic E-state index is 0.697. The first-order valence-corrected chi connectivity index (χ1v) is 6.86. The van der Waals surface area contributed by atoms with Gasteiger partial charge < -0.3 is 19.7 Å². The number of nitrogens with one attached hydrogen (secondary N) is 1. The van der Waals surface area contributed by atoms with E-state index in [-0.39, 0.29) is 0 Å². The van der Waals surface area contributed by atoms with E-state index in [1.54, 1.807) is 7.11 Å². The van der Waals surface area contributed by atoms with E-state index in [0.29, 0.717) is 13.2 Å². The number of rotatable bonds is 9. The van der Waals surface area contributed by atoms with Crippen LogP contribution in [0.15, 0.2) is 0 Å². The first-order chi connectivity index (χ1) is 8.36. The van der Waals surface area contributed by atoms with Gasteiger partial charge in [-0.2, -0.15) is 0 Å². The van der Waals surface area contributed by atoms with Crippen LogP contribution in [0.5, 0.6) is 0 Å². The predicted molar refractivity (Wildman–Crippen MR) is 70.4 cm³/mol. The Morgan fingerprint density at radius 1 is 1.29 bits per heavy atom. The Hall–Kier alpha value is -0.160. The van der Waals surface area contributed by atoms with Crippen molar-refractivity contribution in [1.82, 2.24) is 10.2 Å². The monoisotopic (exact) mass is 244 g/mol. The number of nitrogens with zero attached hydrogens (tertiary/aromatic N) is 1. The van der Waals surface area contributed by atoms with Gasteiger partial charge in [0.25, 0.3) is 0 Å². The molecule has 1 fully saturated rings. The summed E-state index contributed by atoms with van der Waals surface area (Å²) >= 11 is 0. The van der Waals surface area contributed by atoms with Gasteiger partial charge in [-0.3, -0.25) is 0 Å². The van der Waals surface area contributed by atoms with Crippen LogP contribution in [-0.4, -0.2) is 64.6 Å². The molecule has 1 aliphatic rings. The second kappa shape index (κ2) is 9.83. The van der Waals surface area contributed by atoms with Crippen molar-refractivity contribution in [3.63, 3.8) is 0 Å². The van der Waals surface area contributed by atoms with Crippen molar-refractivity contribution in [3.8, 4) is 0 Å². The molecule has 1 saturated heterocycles. The predicted octanol–water partition coefficient (Wildman–Crippen LogP) is 0.971. The number of ether oxygens (including phenoxy) is 2. The summed E-state index contributed by atoms with van der Waals surface area (Å²) in [6.45, 7) is 10.2. The lowest BCUT2D eigenvalue weighted by Crippen LogP contribution is -2.41. The Morgan fingerprint density at radius 3 is 2.94 bits per heavy atom. The van der Waals surface area contributed by atoms with Crippen LogP contribution >= 0.6 is 0 Å². The van der Waals surface area contributed by atoms with E-state index in [2.05, 4.69) is 17.1 Å². The molecule has 1 atom stereocenters. The molecule has 1 N–H and O–H groups in total. The molecule has 1 rings (SSSR count). The summed E-state index contributed by atoms with van der Waals surface area (Å²) in [5.41, 5.74) is 0. The first-order valence-electron chi connectivity index (χ1n) is 6.86. The van der Waals surface area contributed by atoms with Crippen molar-refractivity contribution in [2.24, 2.45) is 5.92 Å². The second-order valence-corrected chi connectivity index (χ2v) is 4.72. The summed E-state index contributed by atoms with van der Waals surface area (Å²) in [6.07, 6.45) is 2.70. The van der Waals surface area contributed by atoms with Crippen LogP contribution in [0.2, 0.25) is 0 Å². The Bertz CT molecular complexity index is 179. The molecule has 4 heteroatoms. The number of likely N-dealkylation sites (tertiary alicyclic amines) is 1. The van der Waals surface area contributed by atoms with Crippen molar-refractivity contribution in [3.05, 3.63) is 0 Å². The van der Waals surface area contributed by atoms with Crippen LogP contribution in [-0.2, 0) is 9.47 Å². The van der Waals surface area contributed by atoms with Gasteiger partial charge in [0.05, 0.1) is 19.8 Å². The Balaban J connectivity index is 2.03. The maximum absolute atomic E-state index is 5.51. The molecule has 0 aromatic heterocycles. The fourth-order valence-electron chi connectivity index (χ4n) is 2.31. The highest BCUT2D eigenvalue weighted by Gasteiger charge is 2.18. The highest BCUT2D eigenvalue weighted by molar-refractivity contribution is 4.74. The number of methoxy groups -OCH3 is 1. The zero-order valence-corrected chi connectivity index (χ0v) is 11.4. The van der Waals surface area contributed by atoms with Crippen molar-refractivity contribution in [2.45, 2.75) is 19.8 Å². The van der Waals surface area contributed by atoms with E-state index < -0.39 is 0 Å². The van der Waals surface area contributed by atoms with Crippen LogP contribution in [0.3, 0.4) is 0 Å². The van der Waals surface area contributed by atoms with Crippen molar-refractivity contribution in [1.29, 1.82) is 0 Å². The summed E-state index contributed by atoms with van der Waals surface area (Å²) in [5, 5.41) is 3.45. The number of hydrogen-bond donors (Lipinski definition) is 1. The quantitative estimate of drug-likeness (QED) is 0.613. The fraction of sp³-hybridized carbons (Fsp3) is 1.00. The molecule has 4 nitrogen and oxygen atoms in total. The molecule has 1 unspecified atom stereocenters. The molecule has 0 radical (unpaired) electrons. The summed E-state index contributed by atoms with van der Waals surface area (Å²) in [4.78, 5) is 2.53. The largest absolute Gasteiger partial charge is 0.382 e. The minimum absolute atomic E-state index is 0.697. The molecular formula is C13H28N2O2. The minimum Gasteiger partial charge on any atom is -0.382 e. The third-order valence-corrected chi connectivity index (χ3v) is 3.27. The van der Waals surface area contributed by atoms with Gasteiger partial charge in [0, 0.05) is 20.2 Å². The van der Waals surface area contributed by atoms with Gasteiger partial charge in [0.15, 0.2) is 0 Å². The molecular weight excluding hydrogens is 216 g/mol. The molecule has 0 aromatic rings. The van der Waals surface area contributed by atoms with Gasteiger partial charge in [0.2, 0.25) is 0 Å². The van der Waals surface area contributed by atoms with Gasteiger partial charge in [-0.05, 0) is 38.4 Å². The van der Waals surface area contributed by atoms with E-state index >= 15 is 0 Å². The van der Waals surface area contributed by atoms with Crippen LogP contribution in [0.4, 0.5) is 0 Å². The normalized spacial score (nSPS) is 21.9. The van der Waals surface area contributed by atoms with Crippen LogP contribution in [0.1, 0.15) is 19.8 Å². The first kappa shape index (κ1) is 14.9. The SMILES string of the molecule is CCNCC1CCCN(CCOCCOC)C1. The number of piperidine rings is 1. The molecule has 0 aromatic carbocycles. The summed E-state index contributed by atoms with van der Waals surface area (Å²) < 4.78 is 10.5. The van der Waals surface area contributed by atoms with Crippen LogP contribution in [0, 0.1) is 5.92 Å². The van der Waals surface area contributed by atoms with E-state index in [9.17, 15) is 0 Å². The Morgan fingerprint density at radius 2 is 2.18 bits per heavy atom. The van der Waals surface area contributed by atoms with E-state index in [4.69, 9.17) is 9.47 Å². The van der Waals surface area contributed by atoms with Gasteiger partial charge in [-0.15, -0.1) is 0 Å². The average molecular weight is 244 g/mol. The van der Waals surface area contributed by atoms with Gasteiger partial charge >= 0.3 is 0 Å². The van der Waals surface area contributed by atoms with Crippen LogP contribution in [0.25, 0.3) is 0 Å². The van der Waals surface area contributed by atoms with Gasteiger partial charge in [-0.1, -0.05) is 6.92 Å². The molecule has 17 heavy (non-hydrogen) atoms. The lowest BCUT2D eigenvalue weighted by Gasteiger charge is -2.32. The Labute approximate surface area is 106 Å². The van der Waals surface area contributed by atoms with Crippen molar-refractivity contribution in [2.75, 3.05) is 59.7 Å². The zero-order chi connectivity index (χ0) is 12.3. The lowest BCUT2D eigenvalue weighted by molar-refractivity contribution is 0.0494. The summed E-state index contributed by atoms with van der Waals surface area (Å²) in [7, 11) is 1.71. The van der Waals surface area contributed by atoms with Gasteiger partial charge in [0.1, 0.15) is 0 Å². The van der Waals surface area contributed by atoms with Crippen LogP contribution < -0.4 is 5.32 Å². The molecule has 0 spiro atoms. The topological polar surface area (TPSA) is 33.7 Å². The van der Waals surface area contributed by atoms with E-state index in [1.165, 1.54) is 25.9 Å². The third kappa shape index (κ3) is 6.99. The molecule has 0 aliphatic carbocycles. The summed E-state index contributed by atoms with van der Waals surface area (Å²) in [6, 6.07) is 0. The maximum Gasteiger partial charge on any atom is 0.0700 e. The second-order valence-electron chi connectivity index (χ2n) is 4.72. The van der Waals surface area contributed by atoms with Gasteiger partial charge in [-0.25, -0.2) is 0 Å². The third-order valence-electron chi connectivity index (χ3n) is 3.27. The standard InChI is InChI=1S/C13H28N2O2/c1-3-14-11-13-5-4-6-15(12-13)7-8-17-10-9-16-2/h13-14H,3-12H2,1-2H3. The molecule has 0 bridgehead atoms. The zero-order valence-electron chi connectivity index (χ0n) is 11.4. The highest BCUT2D eigenvalue weighted by atomic mass is 16.5. The lowest BCUT2D eigenvalue weighted by atomic mass is 9.98. The smallest absolute Gasteiger partial charge is 0.0700 e. The molecule has 102 valence electrons. The fourth-order valence-corrected chi connectivity index (χ4v) is 2.31. The van der Waals surface area contributed by atoms with Crippen molar-refractivity contribution >= 4 is 0 Å². The highest BCUT2D eigenvalue weighted by Crippen LogP contribution is 2.15. The number of hydrogen-bond acceptors (Lipinski definition) is 4. The molecule has 0 amide bonds. The molecule has 1 aliphatic heterocycles. The van der Waals surface area contributed by atoms with E-state index in [1.807, 2.05) is 0 Å². The maximum atomic E-state index is 5.51.